The molecule has 0 N–H and O–H groups in total. The second kappa shape index (κ2) is 6.92. The third kappa shape index (κ3) is 3.42. The summed E-state index contributed by atoms with van der Waals surface area (Å²) in [5.74, 6) is -1.25. The van der Waals surface area contributed by atoms with Crippen LogP contribution in [0, 0.1) is 0 Å². The highest BCUT2D eigenvalue weighted by Crippen LogP contribution is 2.22. The first kappa shape index (κ1) is 15.1. The molecule has 4 nitrogen and oxygen atoms in total. The van der Waals surface area contributed by atoms with E-state index in [1.807, 2.05) is 0 Å². The van der Waals surface area contributed by atoms with Crippen LogP contribution in [0.3, 0.4) is 0 Å². The molecular formula is C16H16FNO3. The summed E-state index contributed by atoms with van der Waals surface area (Å²) in [6.45, 7) is 0.367. The van der Waals surface area contributed by atoms with Gasteiger partial charge in [0.2, 0.25) is 0 Å². The summed E-state index contributed by atoms with van der Waals surface area (Å²) in [6, 6.07) is 6.79. The van der Waals surface area contributed by atoms with Gasteiger partial charge in [-0.15, -0.1) is 0 Å². The fourth-order valence-corrected chi connectivity index (χ4v) is 2.32. The van der Waals surface area contributed by atoms with Crippen molar-refractivity contribution in [1.29, 1.82) is 0 Å². The van der Waals surface area contributed by atoms with Crippen LogP contribution < -0.4 is 0 Å². The number of amides is 2. The van der Waals surface area contributed by atoms with Gasteiger partial charge in [-0.05, 0) is 37.5 Å². The smallest absolute Gasteiger partial charge is 0.261 e. The van der Waals surface area contributed by atoms with E-state index in [1.165, 1.54) is 11.0 Å². The SMILES string of the molecule is O=C/C(F)=C/CCCCCN1C(=O)c2ccccc2C1=O. The van der Waals surface area contributed by atoms with E-state index in [0.29, 0.717) is 36.9 Å². The molecule has 0 unspecified atom stereocenters. The van der Waals surface area contributed by atoms with Crippen molar-refractivity contribution < 1.29 is 18.8 Å². The van der Waals surface area contributed by atoms with E-state index in [0.717, 1.165) is 6.42 Å². The molecule has 5 heteroatoms. The maximum absolute atomic E-state index is 12.5. The van der Waals surface area contributed by atoms with Crippen LogP contribution in [-0.2, 0) is 4.79 Å². The highest BCUT2D eigenvalue weighted by atomic mass is 19.1. The van der Waals surface area contributed by atoms with Gasteiger partial charge in [-0.3, -0.25) is 19.3 Å². The number of imide groups is 1. The molecule has 1 aliphatic rings. The van der Waals surface area contributed by atoms with Crippen LogP contribution in [0.15, 0.2) is 36.2 Å². The Morgan fingerprint density at radius 1 is 1.05 bits per heavy atom. The molecule has 0 aliphatic carbocycles. The lowest BCUT2D eigenvalue weighted by Crippen LogP contribution is -2.30. The predicted octanol–water partition coefficient (Wildman–Crippen LogP) is 2.90. The number of hydrogen-bond acceptors (Lipinski definition) is 3. The standard InChI is InChI=1S/C16H16FNO3/c17-12(11-19)7-3-1-2-6-10-18-15(20)13-8-4-5-9-14(13)16(18)21/h4-5,7-9,11H,1-3,6,10H2/b12-7-. The first-order valence-corrected chi connectivity index (χ1v) is 6.91. The first-order valence-electron chi connectivity index (χ1n) is 6.91. The quantitative estimate of drug-likeness (QED) is 0.336. The van der Waals surface area contributed by atoms with Gasteiger partial charge < -0.3 is 0 Å². The van der Waals surface area contributed by atoms with Crippen LogP contribution in [-0.4, -0.2) is 29.5 Å². The van der Waals surface area contributed by atoms with Gasteiger partial charge in [0.1, 0.15) is 0 Å². The number of fused-ring (bicyclic) bond motifs is 1. The Balaban J connectivity index is 1.79. The van der Waals surface area contributed by atoms with E-state index in [4.69, 9.17) is 0 Å². The fraction of sp³-hybridized carbons (Fsp3) is 0.312. The van der Waals surface area contributed by atoms with Gasteiger partial charge in [0, 0.05) is 6.54 Å². The summed E-state index contributed by atoms with van der Waals surface area (Å²) < 4.78 is 12.5. The van der Waals surface area contributed by atoms with Gasteiger partial charge in [0.05, 0.1) is 11.1 Å². The second-order valence-corrected chi connectivity index (χ2v) is 4.86. The highest BCUT2D eigenvalue weighted by Gasteiger charge is 2.34. The molecule has 110 valence electrons. The van der Waals surface area contributed by atoms with E-state index in [9.17, 15) is 18.8 Å². The number of nitrogens with zero attached hydrogens (tertiary/aromatic N) is 1. The van der Waals surface area contributed by atoms with Crippen molar-refractivity contribution >= 4 is 18.1 Å². The summed E-state index contributed by atoms with van der Waals surface area (Å²) in [5.41, 5.74) is 0.914. The number of carbonyl (C=O) groups excluding carboxylic acids is 3. The van der Waals surface area contributed by atoms with Gasteiger partial charge >= 0.3 is 0 Å². The molecule has 21 heavy (non-hydrogen) atoms. The molecule has 0 bridgehead atoms. The summed E-state index contributed by atoms with van der Waals surface area (Å²) in [7, 11) is 0. The zero-order valence-corrected chi connectivity index (χ0v) is 11.5. The van der Waals surface area contributed by atoms with Crippen LogP contribution in [0.5, 0.6) is 0 Å². The van der Waals surface area contributed by atoms with Crippen molar-refractivity contribution in [3.8, 4) is 0 Å². The molecule has 0 radical (unpaired) electrons. The maximum Gasteiger partial charge on any atom is 0.261 e. The van der Waals surface area contributed by atoms with E-state index in [-0.39, 0.29) is 18.1 Å². The van der Waals surface area contributed by atoms with Crippen molar-refractivity contribution in [2.75, 3.05) is 6.54 Å². The average Bonchev–Trinajstić information content (AvgIpc) is 2.75. The number of unbranched alkanes of at least 4 members (excludes halogenated alkanes) is 3. The van der Waals surface area contributed by atoms with Crippen molar-refractivity contribution in [2.45, 2.75) is 25.7 Å². The number of carbonyl (C=O) groups is 3. The predicted molar refractivity (Wildman–Crippen MR) is 75.5 cm³/mol. The van der Waals surface area contributed by atoms with E-state index < -0.39 is 5.83 Å². The Kier molecular flexibility index (Phi) is 4.98. The van der Waals surface area contributed by atoms with Crippen LogP contribution in [0.4, 0.5) is 4.39 Å². The maximum atomic E-state index is 12.5. The summed E-state index contributed by atoms with van der Waals surface area (Å²) >= 11 is 0. The molecule has 1 aromatic rings. The molecule has 0 saturated carbocycles. The average molecular weight is 289 g/mol. The van der Waals surface area contributed by atoms with Crippen molar-refractivity contribution in [1.82, 2.24) is 4.90 Å². The number of benzene rings is 1. The third-order valence-corrected chi connectivity index (χ3v) is 3.42. The Morgan fingerprint density at radius 2 is 1.67 bits per heavy atom. The Labute approximate surface area is 122 Å². The van der Waals surface area contributed by atoms with E-state index in [2.05, 4.69) is 0 Å². The third-order valence-electron chi connectivity index (χ3n) is 3.42. The van der Waals surface area contributed by atoms with Crippen LogP contribution in [0.1, 0.15) is 46.4 Å². The zero-order chi connectivity index (χ0) is 15.2. The number of halogens is 1. The minimum atomic E-state index is -0.754. The van der Waals surface area contributed by atoms with Crippen LogP contribution in [0.25, 0.3) is 0 Å². The number of hydrogen-bond donors (Lipinski definition) is 0. The molecule has 1 aromatic carbocycles. The summed E-state index contributed by atoms with van der Waals surface area (Å²) in [6.07, 6.45) is 4.04. The van der Waals surface area contributed by atoms with E-state index >= 15 is 0 Å². The molecule has 1 aliphatic heterocycles. The number of allylic oxidation sites excluding steroid dienone is 2. The minimum absolute atomic E-state index is 0.179. The van der Waals surface area contributed by atoms with E-state index in [1.54, 1.807) is 24.3 Å². The largest absolute Gasteiger partial charge is 0.295 e. The van der Waals surface area contributed by atoms with Gasteiger partial charge in [0.25, 0.3) is 11.8 Å². The van der Waals surface area contributed by atoms with Gasteiger partial charge in [-0.25, -0.2) is 4.39 Å². The minimum Gasteiger partial charge on any atom is -0.295 e. The zero-order valence-electron chi connectivity index (χ0n) is 11.5. The number of aldehydes is 1. The molecule has 0 atom stereocenters. The normalized spacial score (nSPS) is 14.5. The van der Waals surface area contributed by atoms with Crippen LogP contribution in [0.2, 0.25) is 0 Å². The molecule has 1 heterocycles. The number of rotatable bonds is 7. The van der Waals surface area contributed by atoms with Crippen LogP contribution >= 0.6 is 0 Å². The van der Waals surface area contributed by atoms with Crippen molar-refractivity contribution in [2.24, 2.45) is 0 Å². The first-order chi connectivity index (χ1) is 10.1. The van der Waals surface area contributed by atoms with Gasteiger partial charge in [0.15, 0.2) is 12.1 Å². The molecule has 0 fully saturated rings. The molecule has 0 spiro atoms. The monoisotopic (exact) mass is 289 g/mol. The van der Waals surface area contributed by atoms with Gasteiger partial charge in [-0.1, -0.05) is 18.6 Å². The second-order valence-electron chi connectivity index (χ2n) is 4.86. The fourth-order valence-electron chi connectivity index (χ4n) is 2.32. The molecular weight excluding hydrogens is 273 g/mol. The summed E-state index contributed by atoms with van der Waals surface area (Å²) in [4.78, 5) is 35.4. The van der Waals surface area contributed by atoms with Gasteiger partial charge in [-0.2, -0.15) is 0 Å². The highest BCUT2D eigenvalue weighted by molar-refractivity contribution is 6.21. The topological polar surface area (TPSA) is 54.5 Å². The molecule has 2 amide bonds. The van der Waals surface area contributed by atoms with Crippen molar-refractivity contribution in [3.63, 3.8) is 0 Å². The lowest BCUT2D eigenvalue weighted by molar-refractivity contribution is -0.106. The molecule has 0 aromatic heterocycles. The Bertz CT molecular complexity index is 560. The molecule has 2 rings (SSSR count). The van der Waals surface area contributed by atoms with Crippen molar-refractivity contribution in [3.05, 3.63) is 47.3 Å². The molecule has 0 saturated heterocycles. The Hall–Kier alpha value is -2.30. The lowest BCUT2D eigenvalue weighted by atomic mass is 10.1. The Morgan fingerprint density at radius 3 is 2.24 bits per heavy atom. The summed E-state index contributed by atoms with van der Waals surface area (Å²) in [5, 5.41) is 0. The lowest BCUT2D eigenvalue weighted by Gasteiger charge is -2.13.